The van der Waals surface area contributed by atoms with Crippen LogP contribution in [0.3, 0.4) is 0 Å². The second-order valence-electron chi connectivity index (χ2n) is 5.78. The first-order chi connectivity index (χ1) is 10.1. The molecular weight excluding hydrogens is 256 g/mol. The normalized spacial score (nSPS) is 12.6. The first kappa shape index (κ1) is 13.8. The van der Waals surface area contributed by atoms with Crippen LogP contribution in [0.5, 0.6) is 0 Å². The lowest BCUT2D eigenvalue weighted by atomic mass is 9.89. The van der Waals surface area contributed by atoms with Crippen LogP contribution in [0.15, 0.2) is 54.6 Å². The van der Waals surface area contributed by atoms with Gasteiger partial charge in [0.1, 0.15) is 6.10 Å². The Balaban J connectivity index is 2.20. The zero-order valence-corrected chi connectivity index (χ0v) is 12.7. The molecular formula is C20H20O. The molecule has 0 radical (unpaired) electrons. The third-order valence-corrected chi connectivity index (χ3v) is 4.13. The number of aryl methyl sites for hydroxylation is 3. The highest BCUT2D eigenvalue weighted by Crippen LogP contribution is 2.32. The fraction of sp³-hybridized carbons (Fsp3) is 0.200. The van der Waals surface area contributed by atoms with E-state index in [1.54, 1.807) is 0 Å². The van der Waals surface area contributed by atoms with Crippen molar-refractivity contribution < 1.29 is 5.11 Å². The molecule has 0 aliphatic heterocycles. The molecule has 0 fully saturated rings. The van der Waals surface area contributed by atoms with Crippen LogP contribution in [0.1, 0.15) is 33.9 Å². The summed E-state index contributed by atoms with van der Waals surface area (Å²) in [5.74, 6) is 0. The average molecular weight is 276 g/mol. The highest BCUT2D eigenvalue weighted by Gasteiger charge is 2.17. The second-order valence-corrected chi connectivity index (χ2v) is 5.78. The van der Waals surface area contributed by atoms with Crippen LogP contribution in [0, 0.1) is 20.8 Å². The molecule has 0 saturated heterocycles. The van der Waals surface area contributed by atoms with E-state index >= 15 is 0 Å². The molecule has 21 heavy (non-hydrogen) atoms. The van der Waals surface area contributed by atoms with Gasteiger partial charge in [-0.25, -0.2) is 0 Å². The van der Waals surface area contributed by atoms with Crippen molar-refractivity contribution in [3.63, 3.8) is 0 Å². The SMILES string of the molecule is Cc1cc(C)c(C(O)c2cccc3ccccc23)c(C)c1. The first-order valence-electron chi connectivity index (χ1n) is 7.31. The van der Waals surface area contributed by atoms with Crippen LogP contribution in [0.4, 0.5) is 0 Å². The van der Waals surface area contributed by atoms with Gasteiger partial charge in [-0.15, -0.1) is 0 Å². The van der Waals surface area contributed by atoms with Crippen LogP contribution in [0.25, 0.3) is 10.8 Å². The summed E-state index contributed by atoms with van der Waals surface area (Å²) in [6, 6.07) is 18.6. The molecule has 0 bridgehead atoms. The Morgan fingerprint density at radius 2 is 1.43 bits per heavy atom. The van der Waals surface area contributed by atoms with Crippen molar-refractivity contribution in [1.29, 1.82) is 0 Å². The van der Waals surface area contributed by atoms with Crippen molar-refractivity contribution in [3.05, 3.63) is 82.4 Å². The molecule has 106 valence electrons. The third-order valence-electron chi connectivity index (χ3n) is 4.13. The summed E-state index contributed by atoms with van der Waals surface area (Å²) < 4.78 is 0. The molecule has 0 aliphatic carbocycles. The Morgan fingerprint density at radius 1 is 0.810 bits per heavy atom. The molecule has 1 atom stereocenters. The third kappa shape index (κ3) is 2.45. The minimum atomic E-state index is -0.586. The molecule has 0 saturated carbocycles. The van der Waals surface area contributed by atoms with Crippen molar-refractivity contribution in [3.8, 4) is 0 Å². The highest BCUT2D eigenvalue weighted by molar-refractivity contribution is 5.86. The van der Waals surface area contributed by atoms with E-state index in [1.165, 1.54) is 5.56 Å². The number of hydrogen-bond acceptors (Lipinski definition) is 1. The van der Waals surface area contributed by atoms with Crippen LogP contribution < -0.4 is 0 Å². The van der Waals surface area contributed by atoms with Gasteiger partial charge in [-0.3, -0.25) is 0 Å². The van der Waals surface area contributed by atoms with E-state index in [9.17, 15) is 5.11 Å². The number of fused-ring (bicyclic) bond motifs is 1. The van der Waals surface area contributed by atoms with E-state index in [-0.39, 0.29) is 0 Å². The number of hydrogen-bond donors (Lipinski definition) is 1. The van der Waals surface area contributed by atoms with Gasteiger partial charge in [-0.2, -0.15) is 0 Å². The number of rotatable bonds is 2. The lowest BCUT2D eigenvalue weighted by molar-refractivity contribution is 0.220. The molecule has 1 nitrogen and oxygen atoms in total. The number of benzene rings is 3. The van der Waals surface area contributed by atoms with Crippen LogP contribution >= 0.6 is 0 Å². The largest absolute Gasteiger partial charge is 0.384 e. The van der Waals surface area contributed by atoms with Crippen molar-refractivity contribution in [1.82, 2.24) is 0 Å². The fourth-order valence-electron chi connectivity index (χ4n) is 3.27. The molecule has 0 aromatic heterocycles. The van der Waals surface area contributed by atoms with Gasteiger partial charge in [0, 0.05) is 0 Å². The molecule has 3 rings (SSSR count). The van der Waals surface area contributed by atoms with Gasteiger partial charge >= 0.3 is 0 Å². The Labute approximate surface area is 125 Å². The summed E-state index contributed by atoms with van der Waals surface area (Å²) in [6.45, 7) is 6.24. The van der Waals surface area contributed by atoms with Crippen LogP contribution in [0.2, 0.25) is 0 Å². The zero-order valence-electron chi connectivity index (χ0n) is 12.7. The van der Waals surface area contributed by atoms with E-state index in [1.807, 2.05) is 24.3 Å². The van der Waals surface area contributed by atoms with E-state index in [2.05, 4.69) is 51.1 Å². The van der Waals surface area contributed by atoms with Gasteiger partial charge in [0.05, 0.1) is 0 Å². The maximum atomic E-state index is 10.9. The summed E-state index contributed by atoms with van der Waals surface area (Å²) in [6.07, 6.45) is -0.586. The zero-order chi connectivity index (χ0) is 15.0. The van der Waals surface area contributed by atoms with Crippen molar-refractivity contribution in [2.75, 3.05) is 0 Å². The predicted octanol–water partition coefficient (Wildman–Crippen LogP) is 4.85. The second kappa shape index (κ2) is 5.34. The molecule has 1 unspecified atom stereocenters. The summed E-state index contributed by atoms with van der Waals surface area (Å²) >= 11 is 0. The maximum Gasteiger partial charge on any atom is 0.105 e. The minimum absolute atomic E-state index is 0.586. The lowest BCUT2D eigenvalue weighted by Gasteiger charge is -2.19. The quantitative estimate of drug-likeness (QED) is 0.709. The summed E-state index contributed by atoms with van der Waals surface area (Å²) in [4.78, 5) is 0. The number of aliphatic hydroxyl groups is 1. The molecule has 0 spiro atoms. The van der Waals surface area contributed by atoms with Gasteiger partial charge in [0.25, 0.3) is 0 Å². The van der Waals surface area contributed by atoms with E-state index in [0.29, 0.717) is 0 Å². The van der Waals surface area contributed by atoms with Crippen LogP contribution in [-0.2, 0) is 0 Å². The summed E-state index contributed by atoms with van der Waals surface area (Å²) in [5, 5.41) is 13.2. The predicted molar refractivity (Wildman–Crippen MR) is 88.7 cm³/mol. The van der Waals surface area contributed by atoms with E-state index in [0.717, 1.165) is 33.0 Å². The van der Waals surface area contributed by atoms with E-state index < -0.39 is 6.10 Å². The topological polar surface area (TPSA) is 20.2 Å². The molecule has 1 heteroatoms. The Kier molecular flexibility index (Phi) is 3.52. The fourth-order valence-corrected chi connectivity index (χ4v) is 3.27. The summed E-state index contributed by atoms with van der Waals surface area (Å²) in [7, 11) is 0. The summed E-state index contributed by atoms with van der Waals surface area (Å²) in [5.41, 5.74) is 5.53. The first-order valence-corrected chi connectivity index (χ1v) is 7.31. The number of aliphatic hydroxyl groups excluding tert-OH is 1. The van der Waals surface area contributed by atoms with Crippen LogP contribution in [-0.4, -0.2) is 5.11 Å². The monoisotopic (exact) mass is 276 g/mol. The van der Waals surface area contributed by atoms with Gasteiger partial charge in [-0.05, 0) is 53.8 Å². The highest BCUT2D eigenvalue weighted by atomic mass is 16.3. The molecule has 0 heterocycles. The van der Waals surface area contributed by atoms with Gasteiger partial charge < -0.3 is 5.11 Å². The smallest absolute Gasteiger partial charge is 0.105 e. The molecule has 0 amide bonds. The Bertz CT molecular complexity index is 774. The van der Waals surface area contributed by atoms with Gasteiger partial charge in [0.15, 0.2) is 0 Å². The van der Waals surface area contributed by atoms with Crippen molar-refractivity contribution in [2.24, 2.45) is 0 Å². The molecule has 1 N–H and O–H groups in total. The average Bonchev–Trinajstić information content (AvgIpc) is 2.45. The Morgan fingerprint density at radius 3 is 2.14 bits per heavy atom. The Hall–Kier alpha value is -2.12. The van der Waals surface area contributed by atoms with E-state index in [4.69, 9.17) is 0 Å². The standard InChI is InChI=1S/C20H20O/c1-13-11-14(2)19(15(3)12-13)20(21)18-10-6-8-16-7-4-5-9-17(16)18/h4-12,20-21H,1-3H3. The molecule has 0 aliphatic rings. The van der Waals surface area contributed by atoms with Crippen molar-refractivity contribution in [2.45, 2.75) is 26.9 Å². The lowest BCUT2D eigenvalue weighted by Crippen LogP contribution is -2.05. The molecule has 3 aromatic rings. The maximum absolute atomic E-state index is 10.9. The van der Waals surface area contributed by atoms with Crippen molar-refractivity contribution >= 4 is 10.8 Å². The molecule has 3 aromatic carbocycles. The minimum Gasteiger partial charge on any atom is -0.384 e. The van der Waals surface area contributed by atoms with Gasteiger partial charge in [0.2, 0.25) is 0 Å². The van der Waals surface area contributed by atoms with Gasteiger partial charge in [-0.1, -0.05) is 60.2 Å².